The maximum absolute atomic E-state index is 14.9. The van der Waals surface area contributed by atoms with Gasteiger partial charge in [-0.25, -0.2) is 23.1 Å². The van der Waals surface area contributed by atoms with Crippen LogP contribution in [0.2, 0.25) is 0 Å². The number of nitrogens with zero attached hydrogens (tertiary/aromatic N) is 4. The predicted octanol–water partition coefficient (Wildman–Crippen LogP) is 1.50. The molecule has 13 heteroatoms. The second kappa shape index (κ2) is 11.1. The molecule has 1 saturated heterocycles. The summed E-state index contributed by atoms with van der Waals surface area (Å²) in [5, 5.41) is -0.0393. The molecular formula is C27H34B3F3N4O3. The van der Waals surface area contributed by atoms with Gasteiger partial charge in [-0.2, -0.15) is 0 Å². The largest absolute Gasteiger partial charge is 0.388 e. The van der Waals surface area contributed by atoms with E-state index in [1.807, 2.05) is 30.5 Å². The highest BCUT2D eigenvalue weighted by Gasteiger charge is 2.46. The van der Waals surface area contributed by atoms with Gasteiger partial charge in [0.15, 0.2) is 0 Å². The van der Waals surface area contributed by atoms with Crippen LogP contribution in [0, 0.1) is 5.82 Å². The number of halogens is 3. The van der Waals surface area contributed by atoms with E-state index in [0.717, 1.165) is 6.07 Å². The first kappa shape index (κ1) is 29.9. The van der Waals surface area contributed by atoms with E-state index in [-0.39, 0.29) is 36.0 Å². The summed E-state index contributed by atoms with van der Waals surface area (Å²) >= 11 is 0. The monoisotopic (exact) mass is 552 g/mol. The normalized spacial score (nSPS) is 20.7. The number of aromatic nitrogens is 3. The van der Waals surface area contributed by atoms with Crippen molar-refractivity contribution in [2.75, 3.05) is 6.54 Å². The Bertz CT molecular complexity index is 1500. The van der Waals surface area contributed by atoms with Crippen LogP contribution in [0.1, 0.15) is 68.3 Å². The maximum Gasteiger partial charge on any atom is 0.266 e. The highest BCUT2D eigenvalue weighted by Crippen LogP contribution is 2.39. The highest BCUT2D eigenvalue weighted by atomic mass is 19.3. The van der Waals surface area contributed by atoms with Crippen molar-refractivity contribution in [2.24, 2.45) is 7.05 Å². The van der Waals surface area contributed by atoms with Crippen molar-refractivity contribution in [1.82, 2.24) is 19.4 Å². The van der Waals surface area contributed by atoms with Crippen LogP contribution in [-0.4, -0.2) is 66.8 Å². The number of ether oxygens (including phenoxy) is 1. The van der Waals surface area contributed by atoms with E-state index >= 15 is 0 Å². The van der Waals surface area contributed by atoms with Gasteiger partial charge in [0.1, 0.15) is 46.9 Å². The van der Waals surface area contributed by atoms with E-state index in [4.69, 9.17) is 4.74 Å². The van der Waals surface area contributed by atoms with E-state index in [0.29, 0.717) is 35.1 Å². The molecule has 3 aromatic rings. The third-order valence-corrected chi connectivity index (χ3v) is 7.73. The van der Waals surface area contributed by atoms with Crippen molar-refractivity contribution in [1.29, 1.82) is 0 Å². The Kier molecular flexibility index (Phi) is 8.27. The first-order valence-corrected chi connectivity index (χ1v) is 13.5. The van der Waals surface area contributed by atoms with E-state index < -0.39 is 34.6 Å². The van der Waals surface area contributed by atoms with Gasteiger partial charge < -0.3 is 9.64 Å². The van der Waals surface area contributed by atoms with Crippen LogP contribution in [0.4, 0.5) is 13.2 Å². The average Bonchev–Trinajstić information content (AvgIpc) is 2.86. The van der Waals surface area contributed by atoms with E-state index in [1.54, 1.807) is 24.9 Å². The lowest BCUT2D eigenvalue weighted by molar-refractivity contribution is -0.149. The van der Waals surface area contributed by atoms with Gasteiger partial charge in [-0.3, -0.25) is 14.2 Å². The molecule has 7 nitrogen and oxygen atoms in total. The molecule has 0 aliphatic carbocycles. The summed E-state index contributed by atoms with van der Waals surface area (Å²) < 4.78 is 49.7. The fourth-order valence-electron chi connectivity index (χ4n) is 5.80. The number of piperidine rings is 1. The van der Waals surface area contributed by atoms with Crippen LogP contribution < -0.4 is 5.56 Å². The number of hydrogen-bond acceptors (Lipinski definition) is 5. The molecule has 0 N–H and O–H groups in total. The lowest BCUT2D eigenvalue weighted by Crippen LogP contribution is -2.58. The number of amides is 1. The molecule has 0 radical (unpaired) electrons. The van der Waals surface area contributed by atoms with Gasteiger partial charge in [0.05, 0.1) is 23.4 Å². The Morgan fingerprint density at radius 3 is 2.55 bits per heavy atom. The van der Waals surface area contributed by atoms with Gasteiger partial charge in [0.2, 0.25) is 5.91 Å². The molecule has 0 spiro atoms. The zero-order chi connectivity index (χ0) is 29.6. The molecule has 1 fully saturated rings. The fourth-order valence-corrected chi connectivity index (χ4v) is 5.80. The Morgan fingerprint density at radius 2 is 1.93 bits per heavy atom. The summed E-state index contributed by atoms with van der Waals surface area (Å²) in [5.41, 5.74) is -0.491. The molecule has 1 aromatic carbocycles. The lowest BCUT2D eigenvalue weighted by Gasteiger charge is -2.48. The van der Waals surface area contributed by atoms with Crippen LogP contribution >= 0.6 is 0 Å². The molecule has 3 heterocycles. The van der Waals surface area contributed by atoms with Gasteiger partial charge in [0, 0.05) is 25.4 Å². The number of hydrogen-bond donors (Lipinski definition) is 0. The van der Waals surface area contributed by atoms with Gasteiger partial charge >= 0.3 is 0 Å². The molecule has 0 saturated carbocycles. The number of alkyl halides is 2. The van der Waals surface area contributed by atoms with Crippen LogP contribution in [-0.2, 0) is 28.6 Å². The molecule has 40 heavy (non-hydrogen) atoms. The number of carbonyl (C=O) groups is 1. The van der Waals surface area contributed by atoms with Gasteiger partial charge in [-0.1, -0.05) is 25.1 Å². The minimum atomic E-state index is -2.92. The number of likely N-dealkylation sites (tertiary alicyclic amines) is 1. The molecule has 1 aliphatic rings. The second-order valence-electron chi connectivity index (χ2n) is 11.9. The van der Waals surface area contributed by atoms with Crippen LogP contribution in [0.15, 0.2) is 35.4 Å². The minimum Gasteiger partial charge on any atom is -0.388 e. The molecule has 210 valence electrons. The van der Waals surface area contributed by atoms with Crippen molar-refractivity contribution in [3.05, 3.63) is 69.1 Å². The molecule has 1 amide bonds. The van der Waals surface area contributed by atoms with E-state index in [9.17, 15) is 22.8 Å². The summed E-state index contributed by atoms with van der Waals surface area (Å²) in [4.78, 5) is 36.9. The third-order valence-electron chi connectivity index (χ3n) is 7.73. The summed E-state index contributed by atoms with van der Waals surface area (Å²) in [6.45, 7) is 5.46. The van der Waals surface area contributed by atoms with Crippen molar-refractivity contribution < 1.29 is 22.7 Å². The maximum atomic E-state index is 14.9. The van der Waals surface area contributed by atoms with Gasteiger partial charge in [-0.15, -0.1) is 0 Å². The predicted molar refractivity (Wildman–Crippen MR) is 155 cm³/mol. The third kappa shape index (κ3) is 5.71. The van der Waals surface area contributed by atoms with E-state index in [1.165, 1.54) is 30.0 Å². The highest BCUT2D eigenvalue weighted by molar-refractivity contribution is 6.58. The summed E-state index contributed by atoms with van der Waals surface area (Å²) in [6, 6.07) is 5.75. The Labute approximate surface area is 234 Å². The molecule has 4 rings (SSSR count). The number of rotatable bonds is 7. The van der Waals surface area contributed by atoms with Crippen LogP contribution in [0.25, 0.3) is 11.0 Å². The summed E-state index contributed by atoms with van der Waals surface area (Å²) in [7, 11) is 7.36. The zero-order valence-electron chi connectivity index (χ0n) is 24.1. The Morgan fingerprint density at radius 1 is 1.25 bits per heavy atom. The average molecular weight is 552 g/mol. The number of benzene rings is 1. The molecule has 0 bridgehead atoms. The van der Waals surface area contributed by atoms with Gasteiger partial charge in [-0.05, 0) is 49.0 Å². The summed E-state index contributed by atoms with van der Waals surface area (Å²) in [6.07, 6.45) is -0.177. The quantitative estimate of drug-likeness (QED) is 0.416. The first-order valence-electron chi connectivity index (χ1n) is 13.5. The number of pyridine rings is 1. The van der Waals surface area contributed by atoms with Crippen molar-refractivity contribution in [3.8, 4) is 0 Å². The van der Waals surface area contributed by atoms with Crippen LogP contribution in [0.5, 0.6) is 0 Å². The van der Waals surface area contributed by atoms with Crippen molar-refractivity contribution in [2.45, 2.75) is 69.3 Å². The number of fused-ring (bicyclic) bond motifs is 1. The van der Waals surface area contributed by atoms with Crippen molar-refractivity contribution >= 4 is 40.5 Å². The molecule has 1 aliphatic heterocycles. The SMILES string of the molecule is BC(B)(B)OC1(c2cc3c(C[C@H](C)c4cccc(C(F)F)c4F)ncnc3n(C)c2=O)CC[C@@H](C)N(C(C)=O)C1. The molecule has 2 aromatic heterocycles. The molecule has 1 unspecified atom stereocenters. The smallest absolute Gasteiger partial charge is 0.266 e. The summed E-state index contributed by atoms with van der Waals surface area (Å²) in [5.74, 6) is -1.51. The van der Waals surface area contributed by atoms with Crippen LogP contribution in [0.3, 0.4) is 0 Å². The minimum absolute atomic E-state index is 0.00264. The van der Waals surface area contributed by atoms with Crippen molar-refractivity contribution in [3.63, 3.8) is 0 Å². The standard InChI is InChI=1S/C27H34B3F3N4O3/c1-14(17-6-5-7-18(22(17)31)23(32)33)10-21-19-11-20(25(39)36(4)24(19)35-13-34-21)26(40-27(28,29)30)9-8-15(2)37(12-26)16(3)38/h5-7,11,13-15,23H,8-10,12,28-30H2,1-4H3/t14-,15+,26?/m0/s1. The lowest BCUT2D eigenvalue weighted by atomic mass is 9.52. The Balaban J connectivity index is 1.87. The number of carbonyl (C=O) groups excluding carboxylic acids is 1. The fraction of sp³-hybridized carbons (Fsp3) is 0.481. The second-order valence-corrected chi connectivity index (χ2v) is 11.9. The molecule has 3 atom stereocenters. The number of aryl methyl sites for hydroxylation is 1. The van der Waals surface area contributed by atoms with E-state index in [2.05, 4.69) is 9.97 Å². The first-order chi connectivity index (χ1) is 18.6. The Hall–Kier alpha value is -3.08. The van der Waals surface area contributed by atoms with Gasteiger partial charge in [0.25, 0.3) is 12.0 Å². The topological polar surface area (TPSA) is 77.3 Å². The molecular weight excluding hydrogens is 518 g/mol. The zero-order valence-corrected chi connectivity index (χ0v) is 24.1.